The van der Waals surface area contributed by atoms with Gasteiger partial charge in [0.2, 0.25) is 10.0 Å². The number of hydrogen-bond donors (Lipinski definition) is 2. The van der Waals surface area contributed by atoms with Crippen LogP contribution in [0.5, 0.6) is 0 Å². The van der Waals surface area contributed by atoms with E-state index in [2.05, 4.69) is 26.0 Å². The third kappa shape index (κ3) is 3.56. The van der Waals surface area contributed by atoms with E-state index in [-0.39, 0.29) is 17.0 Å². The number of urea groups is 1. The molecule has 25 heavy (non-hydrogen) atoms. The summed E-state index contributed by atoms with van der Waals surface area (Å²) in [7, 11) is -2.20. The average molecular weight is 424 g/mol. The van der Waals surface area contributed by atoms with Crippen molar-refractivity contribution in [2.45, 2.75) is 24.3 Å². The van der Waals surface area contributed by atoms with Crippen molar-refractivity contribution >= 4 is 43.4 Å². The second-order valence-electron chi connectivity index (χ2n) is 5.86. The molecule has 0 aliphatic carbocycles. The lowest BCUT2D eigenvalue weighted by molar-refractivity contribution is 0.256. The largest absolute Gasteiger partial charge is 0.326 e. The number of rotatable bonds is 3. The summed E-state index contributed by atoms with van der Waals surface area (Å²) in [5.41, 5.74) is 2.25. The Morgan fingerprint density at radius 3 is 2.52 bits per heavy atom. The molecule has 0 bridgehead atoms. The highest BCUT2D eigenvalue weighted by atomic mass is 79.9. The molecule has 1 aliphatic heterocycles. The fourth-order valence-electron chi connectivity index (χ4n) is 2.90. The minimum atomic E-state index is -3.56. The van der Waals surface area contributed by atoms with Gasteiger partial charge in [0.05, 0.1) is 10.6 Å². The van der Waals surface area contributed by atoms with Crippen LogP contribution in [0.2, 0.25) is 0 Å². The smallest absolute Gasteiger partial charge is 0.308 e. The Bertz CT molecular complexity index is 913. The molecule has 132 valence electrons. The van der Waals surface area contributed by atoms with Gasteiger partial charge < -0.3 is 5.32 Å². The highest BCUT2D eigenvalue weighted by molar-refractivity contribution is 9.10. The van der Waals surface area contributed by atoms with E-state index in [1.807, 2.05) is 19.1 Å². The molecule has 2 N–H and O–H groups in total. The van der Waals surface area contributed by atoms with Gasteiger partial charge in [-0.05, 0) is 62.4 Å². The molecule has 6 nitrogen and oxygen atoms in total. The first-order valence-electron chi connectivity index (χ1n) is 7.74. The molecular formula is C17H18BrN3O3S. The Balaban J connectivity index is 1.92. The average Bonchev–Trinajstić information content (AvgIpc) is 2.91. The van der Waals surface area contributed by atoms with Gasteiger partial charge in [-0.2, -0.15) is 0 Å². The van der Waals surface area contributed by atoms with E-state index in [1.54, 1.807) is 35.2 Å². The van der Waals surface area contributed by atoms with E-state index in [1.165, 1.54) is 7.05 Å². The summed E-state index contributed by atoms with van der Waals surface area (Å²) in [6, 6.07) is 11.8. The van der Waals surface area contributed by atoms with Crippen LogP contribution in [-0.4, -0.2) is 27.5 Å². The lowest BCUT2D eigenvalue weighted by atomic mass is 10.1. The van der Waals surface area contributed by atoms with Gasteiger partial charge in [0.1, 0.15) is 0 Å². The number of nitrogens with one attached hydrogen (secondary N) is 2. The normalized spacial score (nSPS) is 16.6. The van der Waals surface area contributed by atoms with E-state index in [4.69, 9.17) is 0 Å². The van der Waals surface area contributed by atoms with Gasteiger partial charge in [0.25, 0.3) is 0 Å². The van der Waals surface area contributed by atoms with Gasteiger partial charge in [-0.1, -0.05) is 22.0 Å². The summed E-state index contributed by atoms with van der Waals surface area (Å²) < 4.78 is 27.3. The van der Waals surface area contributed by atoms with Gasteiger partial charge in [0, 0.05) is 16.2 Å². The lowest BCUT2D eigenvalue weighted by Gasteiger charge is -2.23. The van der Waals surface area contributed by atoms with Gasteiger partial charge in [-0.25, -0.2) is 17.9 Å². The monoisotopic (exact) mass is 423 g/mol. The van der Waals surface area contributed by atoms with Crippen molar-refractivity contribution in [2.75, 3.05) is 17.3 Å². The predicted octanol–water partition coefficient (Wildman–Crippen LogP) is 3.34. The zero-order valence-electron chi connectivity index (χ0n) is 13.8. The summed E-state index contributed by atoms with van der Waals surface area (Å²) in [5, 5.41) is 2.86. The molecule has 2 amide bonds. The molecule has 2 aromatic carbocycles. The highest BCUT2D eigenvalue weighted by Gasteiger charge is 2.32. The Hall–Kier alpha value is -1.90. The third-order valence-electron chi connectivity index (χ3n) is 4.17. The molecule has 1 aliphatic rings. The first-order valence-corrected chi connectivity index (χ1v) is 10.0. The molecule has 2 aromatic rings. The van der Waals surface area contributed by atoms with Gasteiger partial charge in [-0.3, -0.25) is 4.90 Å². The van der Waals surface area contributed by atoms with Crippen molar-refractivity contribution < 1.29 is 13.2 Å². The molecule has 1 heterocycles. The van der Waals surface area contributed by atoms with Crippen molar-refractivity contribution in [3.63, 3.8) is 0 Å². The maximum absolute atomic E-state index is 12.7. The second kappa shape index (κ2) is 6.78. The van der Waals surface area contributed by atoms with Crippen molar-refractivity contribution in [1.82, 2.24) is 4.72 Å². The summed E-state index contributed by atoms with van der Waals surface area (Å²) in [6.07, 6.45) is 0.684. The standard InChI is InChI=1S/C17H18BrN3O3S/c1-11-9-12-3-8-15(25(23,24)19-2)10-16(12)21(11)17(22)20-14-6-4-13(18)5-7-14/h3-8,10-11,19H,9H2,1-2H3,(H,20,22). The lowest BCUT2D eigenvalue weighted by Crippen LogP contribution is -2.39. The van der Waals surface area contributed by atoms with Gasteiger partial charge in [0.15, 0.2) is 0 Å². The van der Waals surface area contributed by atoms with E-state index in [0.717, 1.165) is 10.0 Å². The minimum absolute atomic E-state index is 0.0574. The van der Waals surface area contributed by atoms with E-state index < -0.39 is 10.0 Å². The Labute approximate surface area is 155 Å². The van der Waals surface area contributed by atoms with Crippen LogP contribution in [0, 0.1) is 0 Å². The van der Waals surface area contributed by atoms with Crippen molar-refractivity contribution in [1.29, 1.82) is 0 Å². The van der Waals surface area contributed by atoms with Crippen LogP contribution in [0.1, 0.15) is 12.5 Å². The molecular weight excluding hydrogens is 406 g/mol. The van der Waals surface area contributed by atoms with Gasteiger partial charge in [-0.15, -0.1) is 0 Å². The molecule has 0 radical (unpaired) electrons. The highest BCUT2D eigenvalue weighted by Crippen LogP contribution is 2.34. The van der Waals surface area contributed by atoms with E-state index in [9.17, 15) is 13.2 Å². The summed E-state index contributed by atoms with van der Waals surface area (Å²) >= 11 is 3.36. The van der Waals surface area contributed by atoms with E-state index in [0.29, 0.717) is 17.8 Å². The predicted molar refractivity (Wildman–Crippen MR) is 101 cm³/mol. The molecule has 8 heteroatoms. The SMILES string of the molecule is CNS(=O)(=O)c1ccc2c(c1)N(C(=O)Nc1ccc(Br)cc1)C(C)C2. The van der Waals surface area contributed by atoms with Crippen LogP contribution in [0.3, 0.4) is 0 Å². The topological polar surface area (TPSA) is 78.5 Å². The van der Waals surface area contributed by atoms with Crippen molar-refractivity contribution in [2.24, 2.45) is 0 Å². The molecule has 0 aromatic heterocycles. The number of anilines is 2. The number of amides is 2. The molecule has 1 atom stereocenters. The number of carbonyl (C=O) groups is 1. The van der Waals surface area contributed by atoms with Crippen LogP contribution in [0.4, 0.5) is 16.2 Å². The zero-order chi connectivity index (χ0) is 18.2. The Morgan fingerprint density at radius 1 is 1.20 bits per heavy atom. The number of benzene rings is 2. The number of sulfonamides is 1. The summed E-state index contributed by atoms with van der Waals surface area (Å²) in [6.45, 7) is 1.94. The minimum Gasteiger partial charge on any atom is -0.308 e. The first kappa shape index (κ1) is 17.9. The second-order valence-corrected chi connectivity index (χ2v) is 8.66. The molecule has 0 fully saturated rings. The number of nitrogens with zero attached hydrogens (tertiary/aromatic N) is 1. The molecule has 3 rings (SSSR count). The fourth-order valence-corrected chi connectivity index (χ4v) is 3.91. The maximum Gasteiger partial charge on any atom is 0.326 e. The van der Waals surface area contributed by atoms with Crippen LogP contribution in [-0.2, 0) is 16.4 Å². The van der Waals surface area contributed by atoms with Crippen molar-refractivity contribution in [3.05, 3.63) is 52.5 Å². The molecule has 0 spiro atoms. The summed E-state index contributed by atoms with van der Waals surface area (Å²) in [4.78, 5) is 14.5. The molecule has 1 unspecified atom stereocenters. The Morgan fingerprint density at radius 2 is 1.88 bits per heavy atom. The zero-order valence-corrected chi connectivity index (χ0v) is 16.2. The maximum atomic E-state index is 12.7. The number of carbonyl (C=O) groups excluding carboxylic acids is 1. The van der Waals surface area contributed by atoms with Crippen LogP contribution in [0.15, 0.2) is 51.8 Å². The number of hydrogen-bond acceptors (Lipinski definition) is 3. The molecule has 0 saturated heterocycles. The van der Waals surface area contributed by atoms with E-state index >= 15 is 0 Å². The third-order valence-corrected chi connectivity index (χ3v) is 6.11. The summed E-state index contributed by atoms with van der Waals surface area (Å²) in [5.74, 6) is 0. The van der Waals surface area contributed by atoms with Gasteiger partial charge >= 0.3 is 6.03 Å². The van der Waals surface area contributed by atoms with Crippen LogP contribution < -0.4 is 14.9 Å². The van der Waals surface area contributed by atoms with Crippen LogP contribution in [0.25, 0.3) is 0 Å². The fraction of sp³-hybridized carbons (Fsp3) is 0.235. The Kier molecular flexibility index (Phi) is 4.86. The van der Waals surface area contributed by atoms with Crippen LogP contribution >= 0.6 is 15.9 Å². The number of halogens is 1. The quantitative estimate of drug-likeness (QED) is 0.794. The molecule has 0 saturated carbocycles. The first-order chi connectivity index (χ1) is 11.8. The number of fused-ring (bicyclic) bond motifs is 1. The van der Waals surface area contributed by atoms with Crippen molar-refractivity contribution in [3.8, 4) is 0 Å².